The van der Waals surface area contributed by atoms with Crippen LogP contribution in [0.1, 0.15) is 32.3 Å². The molecule has 1 atom stereocenters. The van der Waals surface area contributed by atoms with Gasteiger partial charge < -0.3 is 20.1 Å². The van der Waals surface area contributed by atoms with Crippen LogP contribution in [0, 0.1) is 0 Å². The van der Waals surface area contributed by atoms with Crippen molar-refractivity contribution < 1.29 is 23.9 Å². The summed E-state index contributed by atoms with van der Waals surface area (Å²) in [7, 11) is 0. The first-order valence-corrected chi connectivity index (χ1v) is 8.68. The summed E-state index contributed by atoms with van der Waals surface area (Å²) in [4.78, 5) is 36.6. The quantitative estimate of drug-likeness (QED) is 0.756. The predicted molar refractivity (Wildman–Crippen MR) is 93.1 cm³/mol. The van der Waals surface area contributed by atoms with Crippen LogP contribution in [-0.2, 0) is 24.5 Å². The molecule has 2 aliphatic rings. The van der Waals surface area contributed by atoms with E-state index in [4.69, 9.17) is 9.47 Å². The highest BCUT2D eigenvalue weighted by atomic mass is 16.5. The Labute approximate surface area is 151 Å². The fraction of sp³-hybridized carbons (Fsp3) is 0.421. The zero-order chi connectivity index (χ0) is 18.7. The summed E-state index contributed by atoms with van der Waals surface area (Å²) in [6.45, 7) is 3.42. The average Bonchev–Trinajstić information content (AvgIpc) is 3.42. The summed E-state index contributed by atoms with van der Waals surface area (Å²) in [5.74, 6) is -0.886. The Kier molecular flexibility index (Phi) is 4.97. The van der Waals surface area contributed by atoms with Crippen LogP contribution in [0.5, 0.6) is 0 Å². The topological polar surface area (TPSA) is 93.7 Å². The van der Waals surface area contributed by atoms with Crippen molar-refractivity contribution in [1.29, 1.82) is 0 Å². The van der Waals surface area contributed by atoms with Gasteiger partial charge in [-0.15, -0.1) is 0 Å². The highest BCUT2D eigenvalue weighted by Gasteiger charge is 2.52. The minimum Gasteiger partial charge on any atom is -0.463 e. The smallest absolute Gasteiger partial charge is 0.338 e. The molecular weight excluding hydrogens is 336 g/mol. The Balaban J connectivity index is 1.76. The molecule has 1 saturated carbocycles. The molecule has 0 unspecified atom stereocenters. The van der Waals surface area contributed by atoms with Gasteiger partial charge in [0.25, 0.3) is 0 Å². The molecule has 7 nitrogen and oxygen atoms in total. The monoisotopic (exact) mass is 358 g/mol. The van der Waals surface area contributed by atoms with E-state index in [9.17, 15) is 14.4 Å². The molecule has 2 N–H and O–H groups in total. The highest BCUT2D eigenvalue weighted by Crippen LogP contribution is 2.49. The van der Waals surface area contributed by atoms with Crippen molar-refractivity contribution in [1.82, 2.24) is 10.6 Å². The molecule has 0 aromatic heterocycles. The normalized spacial score (nSPS) is 20.7. The number of ether oxygens (including phenoxy) is 2. The van der Waals surface area contributed by atoms with Gasteiger partial charge in [-0.2, -0.15) is 0 Å². The van der Waals surface area contributed by atoms with Crippen LogP contribution in [0.2, 0.25) is 0 Å². The first-order chi connectivity index (χ1) is 12.5. The Morgan fingerprint density at radius 3 is 2.50 bits per heavy atom. The number of carbonyl (C=O) groups excluding carboxylic acids is 3. The number of hydrogen-bond donors (Lipinski definition) is 2. The third-order valence-electron chi connectivity index (χ3n) is 4.68. The van der Waals surface area contributed by atoms with E-state index in [-0.39, 0.29) is 30.5 Å². The molecule has 1 aliphatic heterocycles. The maximum Gasteiger partial charge on any atom is 0.338 e. The number of amides is 2. The predicted octanol–water partition coefficient (Wildman–Crippen LogP) is 1.78. The van der Waals surface area contributed by atoms with Crippen molar-refractivity contribution in [3.63, 3.8) is 0 Å². The zero-order valence-electron chi connectivity index (χ0n) is 14.8. The van der Waals surface area contributed by atoms with Crippen molar-refractivity contribution in [3.05, 3.63) is 47.2 Å². The zero-order valence-corrected chi connectivity index (χ0v) is 14.8. The first kappa shape index (κ1) is 18.0. The van der Waals surface area contributed by atoms with Gasteiger partial charge in [0.1, 0.15) is 6.61 Å². The SMILES string of the molecule is CCOC(=O)C1=C(COC(=O)C2(c3ccccc3)CC2)NC(=O)N[C@H]1C. The molecule has 0 saturated heterocycles. The van der Waals surface area contributed by atoms with E-state index >= 15 is 0 Å². The van der Waals surface area contributed by atoms with Gasteiger partial charge in [0.05, 0.1) is 29.3 Å². The third kappa shape index (κ3) is 3.42. The van der Waals surface area contributed by atoms with Gasteiger partial charge >= 0.3 is 18.0 Å². The highest BCUT2D eigenvalue weighted by molar-refractivity contribution is 5.95. The summed E-state index contributed by atoms with van der Waals surface area (Å²) < 4.78 is 10.5. The summed E-state index contributed by atoms with van der Waals surface area (Å²) in [5.41, 5.74) is 0.835. The fourth-order valence-electron chi connectivity index (χ4n) is 3.16. The minimum absolute atomic E-state index is 0.181. The molecule has 7 heteroatoms. The second-order valence-corrected chi connectivity index (χ2v) is 6.46. The molecule has 1 aromatic rings. The molecule has 26 heavy (non-hydrogen) atoms. The largest absolute Gasteiger partial charge is 0.463 e. The van der Waals surface area contributed by atoms with E-state index in [0.717, 1.165) is 18.4 Å². The lowest BCUT2D eigenvalue weighted by Crippen LogP contribution is -2.50. The van der Waals surface area contributed by atoms with Crippen molar-refractivity contribution in [3.8, 4) is 0 Å². The van der Waals surface area contributed by atoms with Gasteiger partial charge in [-0.1, -0.05) is 30.3 Å². The molecule has 1 aliphatic carbocycles. The lowest BCUT2D eigenvalue weighted by atomic mass is 9.96. The van der Waals surface area contributed by atoms with Gasteiger partial charge in [-0.3, -0.25) is 4.79 Å². The second kappa shape index (κ2) is 7.19. The van der Waals surface area contributed by atoms with Crippen molar-refractivity contribution in [2.24, 2.45) is 0 Å². The van der Waals surface area contributed by atoms with E-state index in [0.29, 0.717) is 0 Å². The maximum atomic E-state index is 12.6. The Bertz CT molecular complexity index is 752. The van der Waals surface area contributed by atoms with Crippen molar-refractivity contribution in [2.45, 2.75) is 38.1 Å². The van der Waals surface area contributed by atoms with Gasteiger partial charge in [-0.05, 0) is 32.3 Å². The molecule has 138 valence electrons. The number of esters is 2. The van der Waals surface area contributed by atoms with E-state index in [1.165, 1.54) is 0 Å². The van der Waals surface area contributed by atoms with Gasteiger partial charge in [-0.25, -0.2) is 9.59 Å². The van der Waals surface area contributed by atoms with Gasteiger partial charge in [0.15, 0.2) is 0 Å². The fourth-order valence-corrected chi connectivity index (χ4v) is 3.16. The van der Waals surface area contributed by atoms with Crippen LogP contribution in [-0.4, -0.2) is 37.2 Å². The molecule has 1 heterocycles. The van der Waals surface area contributed by atoms with Crippen LogP contribution in [0.4, 0.5) is 4.79 Å². The maximum absolute atomic E-state index is 12.6. The van der Waals surface area contributed by atoms with Crippen LogP contribution in [0.15, 0.2) is 41.6 Å². The van der Waals surface area contributed by atoms with Crippen molar-refractivity contribution >= 4 is 18.0 Å². The molecule has 0 bridgehead atoms. The van der Waals surface area contributed by atoms with E-state index in [1.54, 1.807) is 13.8 Å². The second-order valence-electron chi connectivity index (χ2n) is 6.46. The van der Waals surface area contributed by atoms with E-state index in [2.05, 4.69) is 10.6 Å². The number of hydrogen-bond acceptors (Lipinski definition) is 5. The summed E-state index contributed by atoms with van der Waals surface area (Å²) >= 11 is 0. The summed E-state index contributed by atoms with van der Waals surface area (Å²) in [6.07, 6.45) is 1.45. The van der Waals surface area contributed by atoms with Gasteiger partial charge in [0, 0.05) is 0 Å². The molecule has 1 fully saturated rings. The van der Waals surface area contributed by atoms with Crippen LogP contribution < -0.4 is 10.6 Å². The van der Waals surface area contributed by atoms with Crippen LogP contribution in [0.25, 0.3) is 0 Å². The molecule has 0 spiro atoms. The van der Waals surface area contributed by atoms with Gasteiger partial charge in [0.2, 0.25) is 0 Å². The van der Waals surface area contributed by atoms with Crippen molar-refractivity contribution in [2.75, 3.05) is 13.2 Å². The van der Waals surface area contributed by atoms with E-state index < -0.39 is 23.5 Å². The minimum atomic E-state index is -0.617. The van der Waals surface area contributed by atoms with E-state index in [1.807, 2.05) is 30.3 Å². The first-order valence-electron chi connectivity index (χ1n) is 8.68. The molecule has 1 aromatic carbocycles. The Morgan fingerprint density at radius 2 is 1.88 bits per heavy atom. The Hall–Kier alpha value is -2.83. The lowest BCUT2D eigenvalue weighted by molar-refractivity contribution is -0.146. The Morgan fingerprint density at radius 1 is 1.19 bits per heavy atom. The standard InChI is InChI=1S/C19H22N2O5/c1-3-25-16(22)15-12(2)20-18(24)21-14(15)11-26-17(23)19(9-10-19)13-7-5-4-6-8-13/h4-8,12H,3,9-11H2,1-2H3,(H2,20,21,24)/t12-/m0/s1. The summed E-state index contributed by atoms with van der Waals surface area (Å²) in [5, 5.41) is 5.16. The number of benzene rings is 1. The summed E-state index contributed by atoms with van der Waals surface area (Å²) in [6, 6.07) is 8.52. The molecular formula is C19H22N2O5. The number of carbonyl (C=O) groups is 3. The lowest BCUT2D eigenvalue weighted by Gasteiger charge is -2.26. The molecule has 3 rings (SSSR count). The average molecular weight is 358 g/mol. The van der Waals surface area contributed by atoms with Crippen LogP contribution >= 0.6 is 0 Å². The third-order valence-corrected chi connectivity index (χ3v) is 4.68. The van der Waals surface area contributed by atoms with Crippen LogP contribution in [0.3, 0.4) is 0 Å². The number of urea groups is 1. The number of rotatable bonds is 6. The molecule has 0 radical (unpaired) electrons. The number of nitrogens with one attached hydrogen (secondary N) is 2. The molecule has 2 amide bonds.